The Morgan fingerprint density at radius 1 is 2.25 bits per heavy atom. The van der Waals surface area contributed by atoms with Gasteiger partial charge in [0, 0.05) is 20.1 Å². The highest BCUT2D eigenvalue weighted by molar-refractivity contribution is 5.66. The molecular formula is C5H10O3. The summed E-state index contributed by atoms with van der Waals surface area (Å²) < 4.78 is 17.6. The van der Waals surface area contributed by atoms with E-state index in [1.807, 2.05) is 0 Å². The van der Waals surface area contributed by atoms with Crippen LogP contribution in [0.4, 0.5) is 0 Å². The van der Waals surface area contributed by atoms with E-state index in [-0.39, 0.29) is 13.0 Å². The molecule has 0 aromatic heterocycles. The van der Waals surface area contributed by atoms with Crippen molar-refractivity contribution in [3.05, 3.63) is 0 Å². The van der Waals surface area contributed by atoms with Gasteiger partial charge in [-0.1, -0.05) is 0 Å². The summed E-state index contributed by atoms with van der Waals surface area (Å²) in [4.78, 5) is 9.89. The molecule has 0 aliphatic rings. The first-order chi connectivity index (χ1) is 4.63. The van der Waals surface area contributed by atoms with E-state index in [0.29, 0.717) is 6.42 Å². The van der Waals surface area contributed by atoms with Gasteiger partial charge in [0.05, 0.1) is 2.74 Å². The molecule has 0 saturated heterocycles. The Morgan fingerprint density at radius 2 is 3.00 bits per heavy atom. The maximum Gasteiger partial charge on any atom is 0.303 e. The zero-order valence-electron chi connectivity index (χ0n) is 6.46. The summed E-state index contributed by atoms with van der Waals surface area (Å²) in [6.45, 7) is 0.171. The maximum atomic E-state index is 9.89. The van der Waals surface area contributed by atoms with Crippen molar-refractivity contribution in [2.45, 2.75) is 12.8 Å². The van der Waals surface area contributed by atoms with E-state index in [1.54, 1.807) is 0 Å². The fourth-order valence-electron chi connectivity index (χ4n) is 0.307. The summed E-state index contributed by atoms with van der Waals surface area (Å²) in [7, 11) is -1.30. The van der Waals surface area contributed by atoms with Crippen molar-refractivity contribution in [1.82, 2.24) is 0 Å². The Hall–Kier alpha value is -0.570. The Kier molecular flexibility index (Phi) is 2.48. The minimum absolute atomic E-state index is 0.0344. The van der Waals surface area contributed by atoms with Gasteiger partial charge in [-0.15, -0.1) is 0 Å². The van der Waals surface area contributed by atoms with E-state index in [4.69, 9.17) is 7.85 Å². The number of hydrogen-bond donors (Lipinski definition) is 1. The summed E-state index contributed by atoms with van der Waals surface area (Å²) in [6.07, 6.45) is 0.399. The third kappa shape index (κ3) is 5.43. The highest BCUT2D eigenvalue weighted by Gasteiger charge is 1.93. The SMILES string of the molecule is [2H]C([3H])OCCCC(=O)O. The molecule has 0 rings (SSSR count). The monoisotopic (exact) mass is 121 g/mol. The third-order valence-electron chi connectivity index (χ3n) is 0.653. The average Bonchev–Trinajstić information content (AvgIpc) is 1.79. The lowest BCUT2D eigenvalue weighted by Crippen LogP contribution is -1.97. The number of hydrogen-bond acceptors (Lipinski definition) is 2. The van der Waals surface area contributed by atoms with Gasteiger partial charge in [-0.25, -0.2) is 0 Å². The first-order valence-corrected chi connectivity index (χ1v) is 2.31. The van der Waals surface area contributed by atoms with Crippen LogP contribution in [-0.2, 0) is 9.53 Å². The molecule has 0 aromatic rings. The molecule has 0 aromatic carbocycles. The van der Waals surface area contributed by atoms with Crippen LogP contribution in [0.5, 0.6) is 0 Å². The molecule has 1 unspecified atom stereocenters. The van der Waals surface area contributed by atoms with Crippen LogP contribution in [-0.4, -0.2) is 24.7 Å². The van der Waals surface area contributed by atoms with Gasteiger partial charge >= 0.3 is 5.97 Å². The number of carbonyl (C=O) groups is 1. The fourth-order valence-corrected chi connectivity index (χ4v) is 0.307. The van der Waals surface area contributed by atoms with Crippen LogP contribution < -0.4 is 0 Å². The normalized spacial score (nSPS) is 16.5. The summed E-state index contributed by atoms with van der Waals surface area (Å²) in [6, 6.07) is 0. The first-order valence-electron chi connectivity index (χ1n) is 3.46. The molecule has 3 heteroatoms. The first kappa shape index (κ1) is 4.32. The quantitative estimate of drug-likeness (QED) is 0.551. The second-order valence-electron chi connectivity index (χ2n) is 1.37. The standard InChI is InChI=1S/C5H10O3/c1-8-4-2-3-5(6)7/h2-4H2,1H3,(H,6,7)/i1TD. The largest absolute Gasteiger partial charge is 0.481 e. The van der Waals surface area contributed by atoms with E-state index in [1.165, 1.54) is 0 Å². The number of methoxy groups -OCH3 is 1. The van der Waals surface area contributed by atoms with Crippen LogP contribution >= 0.6 is 0 Å². The Labute approximate surface area is 51.1 Å². The highest BCUT2D eigenvalue weighted by Crippen LogP contribution is 1.86. The van der Waals surface area contributed by atoms with Crippen LogP contribution in [0.3, 0.4) is 0 Å². The number of aliphatic carboxylic acids is 1. The number of carboxylic acids is 1. The van der Waals surface area contributed by atoms with Crippen LogP contribution in [0.2, 0.25) is 0 Å². The van der Waals surface area contributed by atoms with Gasteiger partial charge < -0.3 is 9.84 Å². The summed E-state index contributed by atoms with van der Waals surface area (Å²) in [5, 5.41) is 8.13. The van der Waals surface area contributed by atoms with E-state index < -0.39 is 13.0 Å². The van der Waals surface area contributed by atoms with Crippen molar-refractivity contribution < 1.29 is 17.4 Å². The molecule has 1 N–H and O–H groups in total. The van der Waals surface area contributed by atoms with Crippen molar-refractivity contribution in [3.63, 3.8) is 0 Å². The summed E-state index contributed by atoms with van der Waals surface area (Å²) in [5.74, 6) is -0.880. The van der Waals surface area contributed by atoms with Crippen LogP contribution in [0.25, 0.3) is 0 Å². The summed E-state index contributed by atoms with van der Waals surface area (Å²) in [5.41, 5.74) is 0. The molecule has 48 valence electrons. The zero-order chi connectivity index (χ0) is 7.98. The Bertz CT molecular complexity index is 105. The van der Waals surface area contributed by atoms with Crippen molar-refractivity contribution in [3.8, 4) is 0 Å². The van der Waals surface area contributed by atoms with Gasteiger partial charge in [0.2, 0.25) is 0 Å². The Balaban J connectivity index is 2.98. The Morgan fingerprint density at radius 3 is 3.50 bits per heavy atom. The molecule has 0 bridgehead atoms. The van der Waals surface area contributed by atoms with E-state index in [2.05, 4.69) is 4.74 Å². The van der Waals surface area contributed by atoms with Crippen LogP contribution in [0, 0.1) is 0 Å². The van der Waals surface area contributed by atoms with Gasteiger partial charge in [-0.3, -0.25) is 4.79 Å². The molecule has 0 aliphatic heterocycles. The zero-order valence-corrected chi connectivity index (χ0v) is 4.46. The van der Waals surface area contributed by atoms with Gasteiger partial charge in [-0.05, 0) is 6.42 Å². The van der Waals surface area contributed by atoms with Crippen molar-refractivity contribution in [1.29, 1.82) is 0 Å². The van der Waals surface area contributed by atoms with Gasteiger partial charge in [0.25, 0.3) is 0 Å². The van der Waals surface area contributed by atoms with E-state index in [0.717, 1.165) is 0 Å². The van der Waals surface area contributed by atoms with Crippen LogP contribution in [0.1, 0.15) is 15.6 Å². The average molecular weight is 121 g/mol. The number of carboxylic acid groups (broad SMARTS) is 1. The molecule has 0 aliphatic carbocycles. The molecule has 1 atom stereocenters. The minimum Gasteiger partial charge on any atom is -0.481 e. The predicted molar refractivity (Wildman–Crippen MR) is 28.7 cm³/mol. The third-order valence-corrected chi connectivity index (χ3v) is 0.653. The van der Waals surface area contributed by atoms with Crippen molar-refractivity contribution in [2.24, 2.45) is 0 Å². The lowest BCUT2D eigenvalue weighted by molar-refractivity contribution is -0.137. The molecule has 0 radical (unpaired) electrons. The topological polar surface area (TPSA) is 46.5 Å². The smallest absolute Gasteiger partial charge is 0.303 e. The van der Waals surface area contributed by atoms with E-state index >= 15 is 0 Å². The van der Waals surface area contributed by atoms with Crippen molar-refractivity contribution in [2.75, 3.05) is 13.7 Å². The molecule has 0 saturated carbocycles. The fraction of sp³-hybridized carbons (Fsp3) is 0.800. The number of ether oxygens (including phenoxy) is 1. The predicted octanol–water partition coefficient (Wildman–Crippen LogP) is 0.498. The molecule has 0 heterocycles. The second kappa shape index (κ2) is 4.59. The maximum absolute atomic E-state index is 9.89. The molecule has 8 heavy (non-hydrogen) atoms. The minimum atomic E-state index is -1.30. The molecule has 3 nitrogen and oxygen atoms in total. The highest BCUT2D eigenvalue weighted by atomic mass is 16.5. The lowest BCUT2D eigenvalue weighted by Gasteiger charge is -1.91. The second-order valence-corrected chi connectivity index (χ2v) is 1.37. The lowest BCUT2D eigenvalue weighted by atomic mass is 10.3. The number of rotatable bonds is 4. The molecular weight excluding hydrogens is 108 g/mol. The van der Waals surface area contributed by atoms with Gasteiger partial charge in [-0.2, -0.15) is 0 Å². The van der Waals surface area contributed by atoms with Gasteiger partial charge in [0.15, 0.2) is 0 Å². The molecule has 0 fully saturated rings. The van der Waals surface area contributed by atoms with Gasteiger partial charge in [0.1, 0.15) is 0 Å². The van der Waals surface area contributed by atoms with Crippen molar-refractivity contribution >= 4 is 5.97 Å². The van der Waals surface area contributed by atoms with E-state index in [9.17, 15) is 4.79 Å². The van der Waals surface area contributed by atoms with Crippen LogP contribution in [0.15, 0.2) is 0 Å². The molecule has 0 spiro atoms. The molecule has 0 amide bonds. The summed E-state index contributed by atoms with van der Waals surface area (Å²) >= 11 is 0.